The first-order valence-electron chi connectivity index (χ1n) is 10.2. The smallest absolute Gasteiger partial charge is 0.261 e. The number of benzene rings is 3. The maximum absolute atomic E-state index is 12.7. The Morgan fingerprint density at radius 1 is 0.676 bits per heavy atom. The molecule has 0 atom stereocenters. The Bertz CT molecular complexity index is 1450. The number of carbonyl (C=O) groups is 2. The van der Waals surface area contributed by atoms with Gasteiger partial charge in [0.15, 0.2) is 0 Å². The van der Waals surface area contributed by atoms with Crippen LogP contribution >= 0.6 is 0 Å². The molecule has 0 radical (unpaired) electrons. The third-order valence-electron chi connectivity index (χ3n) is 5.26. The maximum atomic E-state index is 12.7. The van der Waals surface area contributed by atoms with Gasteiger partial charge in [-0.15, -0.1) is 0 Å². The third-order valence-corrected chi connectivity index (χ3v) is 8.04. The molecular weight excluding hydrogens is 478 g/mol. The number of carbonyl (C=O) groups excluding carboxylic acids is 2. The van der Waals surface area contributed by atoms with E-state index in [4.69, 9.17) is 0 Å². The SMILES string of the molecule is Cc1ccccc1NS(=O)(=O)c1ccc(NS(=O)(=O)c2ccc(N3C(=O)CCC3=O)cc2)cc1. The zero-order valence-electron chi connectivity index (χ0n) is 18.1. The Kier molecular flexibility index (Phi) is 6.15. The minimum Gasteiger partial charge on any atom is -0.280 e. The highest BCUT2D eigenvalue weighted by atomic mass is 32.2. The van der Waals surface area contributed by atoms with Gasteiger partial charge in [0.05, 0.1) is 21.2 Å². The van der Waals surface area contributed by atoms with Crippen molar-refractivity contribution >= 4 is 48.9 Å². The van der Waals surface area contributed by atoms with Crippen LogP contribution in [-0.4, -0.2) is 28.6 Å². The molecule has 0 spiro atoms. The van der Waals surface area contributed by atoms with E-state index in [1.54, 1.807) is 31.2 Å². The summed E-state index contributed by atoms with van der Waals surface area (Å²) in [4.78, 5) is 24.6. The summed E-state index contributed by atoms with van der Waals surface area (Å²) in [6.45, 7) is 1.78. The summed E-state index contributed by atoms with van der Waals surface area (Å²) in [6, 6.07) is 17.6. The number of sulfonamides is 2. The molecule has 0 aromatic heterocycles. The molecule has 34 heavy (non-hydrogen) atoms. The number of aryl methyl sites for hydroxylation is 1. The van der Waals surface area contributed by atoms with Crippen molar-refractivity contribution in [1.82, 2.24) is 0 Å². The van der Waals surface area contributed by atoms with Crippen molar-refractivity contribution in [2.24, 2.45) is 0 Å². The van der Waals surface area contributed by atoms with Gasteiger partial charge in [0.25, 0.3) is 20.0 Å². The van der Waals surface area contributed by atoms with Crippen molar-refractivity contribution < 1.29 is 26.4 Å². The van der Waals surface area contributed by atoms with Gasteiger partial charge in [0.2, 0.25) is 11.8 Å². The van der Waals surface area contributed by atoms with Gasteiger partial charge in [-0.2, -0.15) is 0 Å². The Hall–Kier alpha value is -3.70. The van der Waals surface area contributed by atoms with Crippen molar-refractivity contribution in [2.75, 3.05) is 14.3 Å². The van der Waals surface area contributed by atoms with Crippen LogP contribution in [0.25, 0.3) is 0 Å². The highest BCUT2D eigenvalue weighted by Gasteiger charge is 2.30. The lowest BCUT2D eigenvalue weighted by Gasteiger charge is -2.15. The van der Waals surface area contributed by atoms with Crippen LogP contribution < -0.4 is 14.3 Å². The van der Waals surface area contributed by atoms with Gasteiger partial charge in [0.1, 0.15) is 0 Å². The molecule has 0 unspecified atom stereocenters. The number of imide groups is 1. The molecule has 176 valence electrons. The summed E-state index contributed by atoms with van der Waals surface area (Å²) >= 11 is 0. The molecular formula is C23H21N3O6S2. The normalized spacial score (nSPS) is 14.3. The van der Waals surface area contributed by atoms with E-state index in [0.717, 1.165) is 10.5 Å². The first-order valence-corrected chi connectivity index (χ1v) is 13.2. The van der Waals surface area contributed by atoms with E-state index in [9.17, 15) is 26.4 Å². The van der Waals surface area contributed by atoms with E-state index in [1.807, 2.05) is 0 Å². The quantitative estimate of drug-likeness (QED) is 0.480. The molecule has 0 bridgehead atoms. The van der Waals surface area contributed by atoms with Crippen LogP contribution in [0.5, 0.6) is 0 Å². The van der Waals surface area contributed by atoms with E-state index in [-0.39, 0.29) is 40.1 Å². The number of nitrogens with zero attached hydrogens (tertiary/aromatic N) is 1. The second kappa shape index (κ2) is 8.92. The average molecular weight is 500 g/mol. The fourth-order valence-corrected chi connectivity index (χ4v) is 5.64. The molecule has 3 aromatic carbocycles. The van der Waals surface area contributed by atoms with Gasteiger partial charge in [-0.05, 0) is 67.1 Å². The second-order valence-electron chi connectivity index (χ2n) is 7.67. The van der Waals surface area contributed by atoms with Gasteiger partial charge < -0.3 is 0 Å². The Morgan fingerprint density at radius 3 is 1.74 bits per heavy atom. The number of hydrogen-bond acceptors (Lipinski definition) is 6. The predicted molar refractivity (Wildman–Crippen MR) is 127 cm³/mol. The topological polar surface area (TPSA) is 130 Å². The largest absolute Gasteiger partial charge is 0.280 e. The molecule has 3 aromatic rings. The van der Waals surface area contributed by atoms with Crippen molar-refractivity contribution in [3.8, 4) is 0 Å². The van der Waals surface area contributed by atoms with Crippen LogP contribution in [0, 0.1) is 6.92 Å². The van der Waals surface area contributed by atoms with Crippen molar-refractivity contribution in [1.29, 1.82) is 0 Å². The van der Waals surface area contributed by atoms with E-state index >= 15 is 0 Å². The molecule has 1 saturated heterocycles. The van der Waals surface area contributed by atoms with Gasteiger partial charge in [0, 0.05) is 18.5 Å². The fraction of sp³-hybridized carbons (Fsp3) is 0.130. The monoisotopic (exact) mass is 499 g/mol. The third kappa shape index (κ3) is 4.80. The molecule has 2 N–H and O–H groups in total. The zero-order chi connectivity index (χ0) is 24.5. The molecule has 1 heterocycles. The number of para-hydroxylation sites is 1. The van der Waals surface area contributed by atoms with Crippen LogP contribution in [0.1, 0.15) is 18.4 Å². The standard InChI is InChI=1S/C23H21N3O6S2/c1-16-4-2-3-5-21(16)25-34(31,32)19-10-6-17(7-11-19)24-33(29,30)20-12-8-18(9-13-20)26-22(27)14-15-23(26)28/h2-13,24-25H,14-15H2,1H3. The Labute approximate surface area is 197 Å². The number of hydrogen-bond donors (Lipinski definition) is 2. The molecule has 1 aliphatic heterocycles. The number of anilines is 3. The summed E-state index contributed by atoms with van der Waals surface area (Å²) in [5.41, 5.74) is 1.69. The van der Waals surface area contributed by atoms with E-state index < -0.39 is 20.0 Å². The summed E-state index contributed by atoms with van der Waals surface area (Å²) < 4.78 is 55.7. The fourth-order valence-electron chi connectivity index (χ4n) is 3.45. The Balaban J connectivity index is 1.49. The van der Waals surface area contributed by atoms with E-state index in [2.05, 4.69) is 9.44 Å². The van der Waals surface area contributed by atoms with Crippen LogP contribution in [0.15, 0.2) is 82.6 Å². The van der Waals surface area contributed by atoms with Crippen molar-refractivity contribution in [3.05, 3.63) is 78.4 Å². The molecule has 11 heteroatoms. The van der Waals surface area contributed by atoms with Gasteiger partial charge in [-0.1, -0.05) is 18.2 Å². The lowest BCUT2D eigenvalue weighted by molar-refractivity contribution is -0.121. The molecule has 1 aliphatic rings. The maximum Gasteiger partial charge on any atom is 0.261 e. The van der Waals surface area contributed by atoms with Gasteiger partial charge >= 0.3 is 0 Å². The van der Waals surface area contributed by atoms with E-state index in [0.29, 0.717) is 11.4 Å². The molecule has 2 amide bonds. The average Bonchev–Trinajstić information content (AvgIpc) is 3.13. The number of nitrogens with one attached hydrogen (secondary N) is 2. The number of amides is 2. The predicted octanol–water partition coefficient (Wildman–Crippen LogP) is 3.25. The minimum absolute atomic E-state index is 0.0250. The minimum atomic E-state index is -3.99. The number of rotatable bonds is 7. The highest BCUT2D eigenvalue weighted by Crippen LogP contribution is 2.26. The zero-order valence-corrected chi connectivity index (χ0v) is 19.7. The van der Waals surface area contributed by atoms with Crippen LogP contribution in [0.4, 0.5) is 17.1 Å². The van der Waals surface area contributed by atoms with Crippen LogP contribution in [0.3, 0.4) is 0 Å². The van der Waals surface area contributed by atoms with Crippen LogP contribution in [-0.2, 0) is 29.6 Å². The Morgan fingerprint density at radius 2 is 1.18 bits per heavy atom. The first kappa shape index (κ1) is 23.5. The van der Waals surface area contributed by atoms with Gasteiger partial charge in [-0.3, -0.25) is 23.9 Å². The molecule has 0 saturated carbocycles. The summed E-state index contributed by atoms with van der Waals surface area (Å²) in [5.74, 6) is -0.656. The molecule has 0 aliphatic carbocycles. The molecule has 4 rings (SSSR count). The van der Waals surface area contributed by atoms with Crippen LogP contribution in [0.2, 0.25) is 0 Å². The molecule has 9 nitrogen and oxygen atoms in total. The van der Waals surface area contributed by atoms with Crippen molar-refractivity contribution in [2.45, 2.75) is 29.6 Å². The highest BCUT2D eigenvalue weighted by molar-refractivity contribution is 7.93. The first-order chi connectivity index (χ1) is 16.1. The summed E-state index contributed by atoms with van der Waals surface area (Å²) in [6.07, 6.45) is 0.263. The van der Waals surface area contributed by atoms with E-state index in [1.165, 1.54) is 48.5 Å². The van der Waals surface area contributed by atoms with Gasteiger partial charge in [-0.25, -0.2) is 16.8 Å². The van der Waals surface area contributed by atoms with Crippen molar-refractivity contribution in [3.63, 3.8) is 0 Å². The summed E-state index contributed by atoms with van der Waals surface area (Å²) in [5, 5.41) is 0. The summed E-state index contributed by atoms with van der Waals surface area (Å²) in [7, 11) is -7.84. The lowest BCUT2D eigenvalue weighted by Crippen LogP contribution is -2.28. The lowest BCUT2D eigenvalue weighted by atomic mass is 10.2. The molecule has 1 fully saturated rings. The second-order valence-corrected chi connectivity index (χ2v) is 11.0.